The number of guanidine groups is 1. The van der Waals surface area contributed by atoms with E-state index in [0.717, 1.165) is 59.7 Å². The van der Waals surface area contributed by atoms with Gasteiger partial charge in [0.15, 0.2) is 0 Å². The van der Waals surface area contributed by atoms with E-state index in [9.17, 15) is 4.79 Å². The molecule has 1 saturated carbocycles. The van der Waals surface area contributed by atoms with Gasteiger partial charge in [-0.25, -0.2) is 4.99 Å². The summed E-state index contributed by atoms with van der Waals surface area (Å²) in [5.41, 5.74) is 0.792. The van der Waals surface area contributed by atoms with Gasteiger partial charge >= 0.3 is 0 Å². The highest BCUT2D eigenvalue weighted by Crippen LogP contribution is 2.28. The lowest BCUT2D eigenvalue weighted by atomic mass is 9.86. The summed E-state index contributed by atoms with van der Waals surface area (Å²) in [5, 5.41) is 9.78. The third kappa shape index (κ3) is 4.74. The summed E-state index contributed by atoms with van der Waals surface area (Å²) in [7, 11) is 4.09. The van der Waals surface area contributed by atoms with Crippen molar-refractivity contribution in [3.05, 3.63) is 59.5 Å². The number of nitrogens with zero attached hydrogens (tertiary/aromatic N) is 3. The van der Waals surface area contributed by atoms with Crippen LogP contribution >= 0.6 is 11.3 Å². The molecule has 5 rings (SSSR count). The third-order valence-corrected chi connectivity index (χ3v) is 7.77. The molecule has 172 valence electrons. The molecule has 1 aromatic carbocycles. The van der Waals surface area contributed by atoms with Gasteiger partial charge in [0.25, 0.3) is 5.91 Å². The lowest BCUT2D eigenvalue weighted by Gasteiger charge is -2.33. The average molecular weight is 462 g/mol. The summed E-state index contributed by atoms with van der Waals surface area (Å²) in [6, 6.07) is 8.59. The molecule has 7 heteroatoms. The maximum atomic E-state index is 12.7. The summed E-state index contributed by atoms with van der Waals surface area (Å²) in [6.45, 7) is 0.737. The van der Waals surface area contributed by atoms with E-state index in [2.05, 4.69) is 45.9 Å². The van der Waals surface area contributed by atoms with Gasteiger partial charge in [0.1, 0.15) is 5.84 Å². The topological polar surface area (TPSA) is 69.1 Å². The Morgan fingerprint density at radius 1 is 1.12 bits per heavy atom. The van der Waals surface area contributed by atoms with Crippen molar-refractivity contribution in [1.82, 2.24) is 15.5 Å². The Labute approximate surface area is 199 Å². The van der Waals surface area contributed by atoms with Crippen LogP contribution in [0.5, 0.6) is 0 Å². The minimum Gasteiger partial charge on any atom is -0.365 e. The fourth-order valence-electron chi connectivity index (χ4n) is 4.96. The molecule has 1 amide bonds. The minimum atomic E-state index is 0.0407. The molecule has 0 radical (unpaired) electrons. The van der Waals surface area contributed by atoms with Crippen LogP contribution in [-0.2, 0) is 0 Å². The Morgan fingerprint density at radius 2 is 1.91 bits per heavy atom. The summed E-state index contributed by atoms with van der Waals surface area (Å²) >= 11 is 1.63. The predicted molar refractivity (Wildman–Crippen MR) is 137 cm³/mol. The van der Waals surface area contributed by atoms with Gasteiger partial charge in [0, 0.05) is 42.1 Å². The van der Waals surface area contributed by atoms with E-state index in [4.69, 9.17) is 9.98 Å². The predicted octanol–water partition coefficient (Wildman–Crippen LogP) is 4.22. The van der Waals surface area contributed by atoms with E-state index in [0.29, 0.717) is 12.0 Å². The Bertz CT molecular complexity index is 1140. The van der Waals surface area contributed by atoms with Crippen LogP contribution in [0.25, 0.3) is 10.1 Å². The first-order chi connectivity index (χ1) is 16.1. The lowest BCUT2D eigenvalue weighted by Crippen LogP contribution is -2.45. The number of aliphatic imine (C=N–C) groups is 2. The number of carbonyl (C=O) groups is 1. The van der Waals surface area contributed by atoms with Crippen LogP contribution < -0.4 is 10.6 Å². The van der Waals surface area contributed by atoms with Gasteiger partial charge in [-0.3, -0.25) is 4.79 Å². The molecule has 2 aliphatic carbocycles. The van der Waals surface area contributed by atoms with E-state index in [1.165, 1.54) is 0 Å². The van der Waals surface area contributed by atoms with Crippen LogP contribution in [0.2, 0.25) is 0 Å². The molecular formula is C26H31N5OS. The fraction of sp³-hybridized carbons (Fsp3) is 0.423. The quantitative estimate of drug-likeness (QED) is 0.716. The first-order valence-corrected chi connectivity index (χ1v) is 12.7. The zero-order valence-electron chi connectivity index (χ0n) is 19.2. The second kappa shape index (κ2) is 9.51. The Hall–Kier alpha value is -2.93. The second-order valence-electron chi connectivity index (χ2n) is 9.32. The number of allylic oxidation sites excluding steroid dienone is 2. The molecule has 2 N–H and O–H groups in total. The number of hydrogen-bond donors (Lipinski definition) is 2. The number of amidine groups is 1. The summed E-state index contributed by atoms with van der Waals surface area (Å²) in [6.07, 6.45) is 12.8. The van der Waals surface area contributed by atoms with Gasteiger partial charge in [-0.15, -0.1) is 11.3 Å². The van der Waals surface area contributed by atoms with E-state index in [1.54, 1.807) is 11.3 Å². The van der Waals surface area contributed by atoms with Crippen molar-refractivity contribution in [2.24, 2.45) is 21.8 Å². The van der Waals surface area contributed by atoms with Gasteiger partial charge in [0.2, 0.25) is 5.96 Å². The summed E-state index contributed by atoms with van der Waals surface area (Å²) in [5.74, 6) is 2.58. The van der Waals surface area contributed by atoms with Crippen molar-refractivity contribution in [1.29, 1.82) is 0 Å². The highest BCUT2D eigenvalue weighted by atomic mass is 32.1. The normalized spacial score (nSPS) is 26.4. The largest absolute Gasteiger partial charge is 0.365 e. The monoisotopic (exact) mass is 461 g/mol. The van der Waals surface area contributed by atoms with Crippen molar-refractivity contribution >= 4 is 39.1 Å². The number of carbonyl (C=O) groups excluding carboxylic acids is 1. The van der Waals surface area contributed by atoms with Crippen LogP contribution in [0.4, 0.5) is 0 Å². The van der Waals surface area contributed by atoms with Crippen molar-refractivity contribution < 1.29 is 4.79 Å². The molecule has 33 heavy (non-hydrogen) atoms. The maximum Gasteiger partial charge on any atom is 0.252 e. The average Bonchev–Trinajstić information content (AvgIpc) is 3.27. The van der Waals surface area contributed by atoms with Crippen LogP contribution in [0.1, 0.15) is 36.0 Å². The number of hydrogen-bond acceptors (Lipinski definition) is 6. The molecule has 2 aromatic rings. The van der Waals surface area contributed by atoms with Crippen LogP contribution in [0.15, 0.2) is 63.9 Å². The van der Waals surface area contributed by atoms with Gasteiger partial charge < -0.3 is 15.5 Å². The molecule has 1 aromatic heterocycles. The highest BCUT2D eigenvalue weighted by molar-refractivity contribution is 7.17. The molecule has 0 bridgehead atoms. The lowest BCUT2D eigenvalue weighted by molar-refractivity contribution is 0.0945. The highest BCUT2D eigenvalue weighted by Gasteiger charge is 2.30. The molecule has 0 spiro atoms. The second-order valence-corrected chi connectivity index (χ2v) is 10.2. The zero-order valence-corrected chi connectivity index (χ0v) is 20.0. The third-order valence-electron chi connectivity index (χ3n) is 6.81. The number of rotatable bonds is 4. The van der Waals surface area contributed by atoms with E-state index in [1.807, 2.05) is 37.7 Å². The van der Waals surface area contributed by atoms with Crippen molar-refractivity contribution in [3.8, 4) is 0 Å². The zero-order chi connectivity index (χ0) is 22.8. The maximum absolute atomic E-state index is 12.7. The van der Waals surface area contributed by atoms with E-state index >= 15 is 0 Å². The summed E-state index contributed by atoms with van der Waals surface area (Å²) in [4.78, 5) is 24.5. The standard InChI is InChI=1S/C26H31N5OS/c1-31(2)24-20-8-3-5-9-22(20)29-26(30-24)28-18-13-11-17(12-14-18)15-27-25(32)21-16-33-23-10-6-4-7-19(21)23/h3-10,16-18,20,22H,11-15H2,1-2H3,(H,27,32)(H,28,29). The number of nitrogens with one attached hydrogen (secondary N) is 2. The fourth-order valence-corrected chi connectivity index (χ4v) is 5.90. The van der Waals surface area contributed by atoms with Crippen molar-refractivity contribution in [3.63, 3.8) is 0 Å². The van der Waals surface area contributed by atoms with E-state index < -0.39 is 0 Å². The van der Waals surface area contributed by atoms with Crippen LogP contribution in [-0.4, -0.2) is 55.3 Å². The number of thiophene rings is 1. The molecule has 2 heterocycles. The molecule has 6 nitrogen and oxygen atoms in total. The Morgan fingerprint density at radius 3 is 2.73 bits per heavy atom. The molecule has 3 aliphatic rings. The number of amides is 1. The van der Waals surface area contributed by atoms with Gasteiger partial charge in [-0.1, -0.05) is 42.5 Å². The molecular weight excluding hydrogens is 430 g/mol. The van der Waals surface area contributed by atoms with Crippen molar-refractivity contribution in [2.75, 3.05) is 20.6 Å². The van der Waals surface area contributed by atoms with E-state index in [-0.39, 0.29) is 17.9 Å². The molecule has 1 aliphatic heterocycles. The van der Waals surface area contributed by atoms with Gasteiger partial charge in [0.05, 0.1) is 17.5 Å². The smallest absolute Gasteiger partial charge is 0.252 e. The first-order valence-electron chi connectivity index (χ1n) is 11.8. The van der Waals surface area contributed by atoms with Gasteiger partial charge in [-0.2, -0.15) is 4.99 Å². The van der Waals surface area contributed by atoms with Crippen LogP contribution in [0.3, 0.4) is 0 Å². The molecule has 1 fully saturated rings. The van der Waals surface area contributed by atoms with Crippen molar-refractivity contribution in [2.45, 2.75) is 37.8 Å². The van der Waals surface area contributed by atoms with Crippen LogP contribution in [0, 0.1) is 11.8 Å². The summed E-state index contributed by atoms with van der Waals surface area (Å²) < 4.78 is 1.16. The molecule has 2 atom stereocenters. The number of fused-ring (bicyclic) bond motifs is 2. The van der Waals surface area contributed by atoms with Gasteiger partial charge in [-0.05, 0) is 37.7 Å². The SMILES string of the molecule is CN(C)C1=NC(NC2CCC(CNC(=O)c3csc4ccccc34)CC2)=NC2C=CC=CC12. The molecule has 2 unspecified atom stereocenters. The minimum absolute atomic E-state index is 0.0407. The Balaban J connectivity index is 1.13. The first kappa shape index (κ1) is 21.9. The molecule has 0 saturated heterocycles. The Kier molecular flexibility index (Phi) is 6.31. The number of benzene rings is 1.